The molecule has 1 saturated heterocycles. The first-order chi connectivity index (χ1) is 8.67. The van der Waals surface area contributed by atoms with Crippen LogP contribution in [0.4, 0.5) is 11.4 Å². The average Bonchev–Trinajstić information content (AvgIpc) is 2.86. The van der Waals surface area contributed by atoms with Gasteiger partial charge in [0.15, 0.2) is 0 Å². The van der Waals surface area contributed by atoms with Crippen LogP contribution >= 0.6 is 0 Å². The lowest BCUT2D eigenvalue weighted by molar-refractivity contribution is -0.385. The third-order valence-electron chi connectivity index (χ3n) is 3.48. The molecular weight excluding hydrogens is 230 g/mol. The maximum Gasteiger partial charge on any atom is 0.287 e. The molecule has 0 bridgehead atoms. The minimum atomic E-state index is -0.510. The van der Waals surface area contributed by atoms with Crippen molar-refractivity contribution in [2.24, 2.45) is 0 Å². The molecule has 0 N–H and O–H groups in total. The standard InChI is InChI=1S/C13H15N3O2/c1-2-11-4-3-7-15(11)12-5-6-13(16(17)18)10(8-12)9-14/h5-6,8,11H,2-4,7H2,1H3. The quantitative estimate of drug-likeness (QED) is 0.606. The summed E-state index contributed by atoms with van der Waals surface area (Å²) in [5.41, 5.74) is 0.939. The van der Waals surface area contributed by atoms with Gasteiger partial charge in [-0.15, -0.1) is 0 Å². The van der Waals surface area contributed by atoms with Crippen LogP contribution in [0.1, 0.15) is 31.7 Å². The summed E-state index contributed by atoms with van der Waals surface area (Å²) in [4.78, 5) is 12.5. The topological polar surface area (TPSA) is 70.2 Å². The molecule has 1 aromatic rings. The largest absolute Gasteiger partial charge is 0.369 e. The van der Waals surface area contributed by atoms with Gasteiger partial charge in [0, 0.05) is 24.3 Å². The van der Waals surface area contributed by atoms with E-state index in [9.17, 15) is 10.1 Å². The van der Waals surface area contributed by atoms with Gasteiger partial charge in [0.05, 0.1) is 4.92 Å². The summed E-state index contributed by atoms with van der Waals surface area (Å²) in [6.07, 6.45) is 3.34. The number of nitro groups is 1. The predicted octanol–water partition coefficient (Wildman–Crippen LogP) is 2.85. The fraction of sp³-hybridized carbons (Fsp3) is 0.462. The lowest BCUT2D eigenvalue weighted by Crippen LogP contribution is -2.28. The van der Waals surface area contributed by atoms with Gasteiger partial charge in [-0.25, -0.2) is 0 Å². The number of anilines is 1. The van der Waals surface area contributed by atoms with E-state index in [0.717, 1.165) is 31.5 Å². The molecule has 18 heavy (non-hydrogen) atoms. The van der Waals surface area contributed by atoms with Gasteiger partial charge < -0.3 is 4.90 Å². The molecule has 0 radical (unpaired) electrons. The van der Waals surface area contributed by atoms with Gasteiger partial charge in [0.1, 0.15) is 11.6 Å². The molecule has 0 amide bonds. The molecule has 1 unspecified atom stereocenters. The highest BCUT2D eigenvalue weighted by Crippen LogP contribution is 2.30. The van der Waals surface area contributed by atoms with E-state index < -0.39 is 4.92 Å². The summed E-state index contributed by atoms with van der Waals surface area (Å²) < 4.78 is 0. The van der Waals surface area contributed by atoms with Gasteiger partial charge in [0.2, 0.25) is 0 Å². The molecule has 1 aliphatic heterocycles. The van der Waals surface area contributed by atoms with Crippen molar-refractivity contribution in [3.05, 3.63) is 33.9 Å². The summed E-state index contributed by atoms with van der Waals surface area (Å²) in [5, 5.41) is 19.8. The Morgan fingerprint density at radius 2 is 2.39 bits per heavy atom. The van der Waals surface area contributed by atoms with Crippen molar-refractivity contribution in [2.75, 3.05) is 11.4 Å². The molecule has 94 valence electrons. The van der Waals surface area contributed by atoms with Crippen molar-refractivity contribution in [3.63, 3.8) is 0 Å². The smallest absolute Gasteiger partial charge is 0.287 e. The van der Waals surface area contributed by atoms with Crippen LogP contribution in [-0.4, -0.2) is 17.5 Å². The van der Waals surface area contributed by atoms with Gasteiger partial charge in [0.25, 0.3) is 5.69 Å². The van der Waals surface area contributed by atoms with Crippen LogP contribution in [0.2, 0.25) is 0 Å². The number of nitrogens with zero attached hydrogens (tertiary/aromatic N) is 3. The Morgan fingerprint density at radius 1 is 1.61 bits per heavy atom. The number of nitro benzene ring substituents is 1. The molecule has 0 saturated carbocycles. The van der Waals surface area contributed by atoms with Crippen LogP contribution in [0.25, 0.3) is 0 Å². The second-order valence-corrected chi connectivity index (χ2v) is 4.47. The molecular formula is C13H15N3O2. The van der Waals surface area contributed by atoms with Crippen molar-refractivity contribution in [1.82, 2.24) is 0 Å². The molecule has 1 atom stereocenters. The van der Waals surface area contributed by atoms with Crippen LogP contribution in [0, 0.1) is 21.4 Å². The maximum absolute atomic E-state index is 10.8. The molecule has 5 heteroatoms. The van der Waals surface area contributed by atoms with Crippen molar-refractivity contribution < 1.29 is 4.92 Å². The number of hydrogen-bond acceptors (Lipinski definition) is 4. The Labute approximate surface area is 106 Å². The Hall–Kier alpha value is -2.09. The van der Waals surface area contributed by atoms with Crippen LogP contribution < -0.4 is 4.90 Å². The monoisotopic (exact) mass is 245 g/mol. The van der Waals surface area contributed by atoms with E-state index in [1.54, 1.807) is 12.1 Å². The Kier molecular flexibility index (Phi) is 3.47. The lowest BCUT2D eigenvalue weighted by Gasteiger charge is -2.25. The Morgan fingerprint density at radius 3 is 3.00 bits per heavy atom. The molecule has 0 spiro atoms. The summed E-state index contributed by atoms with van der Waals surface area (Å²) in [6.45, 7) is 3.10. The first-order valence-corrected chi connectivity index (χ1v) is 6.12. The van der Waals surface area contributed by atoms with Gasteiger partial charge in [-0.3, -0.25) is 10.1 Å². The van der Waals surface area contributed by atoms with E-state index in [1.165, 1.54) is 6.07 Å². The van der Waals surface area contributed by atoms with Crippen LogP contribution in [0.5, 0.6) is 0 Å². The second kappa shape index (κ2) is 5.05. The van der Waals surface area contributed by atoms with Gasteiger partial charge in [-0.1, -0.05) is 6.92 Å². The first-order valence-electron chi connectivity index (χ1n) is 6.12. The molecule has 5 nitrogen and oxygen atoms in total. The maximum atomic E-state index is 10.8. The highest BCUT2D eigenvalue weighted by Gasteiger charge is 2.24. The van der Waals surface area contributed by atoms with Crippen LogP contribution in [-0.2, 0) is 0 Å². The molecule has 1 aliphatic rings. The minimum absolute atomic E-state index is 0.117. The molecule has 0 aromatic heterocycles. The zero-order chi connectivity index (χ0) is 13.1. The van der Waals surface area contributed by atoms with E-state index in [2.05, 4.69) is 11.8 Å². The highest BCUT2D eigenvalue weighted by atomic mass is 16.6. The summed E-state index contributed by atoms with van der Waals surface area (Å²) in [5.74, 6) is 0. The summed E-state index contributed by atoms with van der Waals surface area (Å²) in [6, 6.07) is 7.19. The fourth-order valence-corrected chi connectivity index (χ4v) is 2.55. The van der Waals surface area contributed by atoms with E-state index in [0.29, 0.717) is 6.04 Å². The van der Waals surface area contributed by atoms with E-state index >= 15 is 0 Å². The van der Waals surface area contributed by atoms with Crippen LogP contribution in [0.15, 0.2) is 18.2 Å². The summed E-state index contributed by atoms with van der Waals surface area (Å²) in [7, 11) is 0. The van der Waals surface area contributed by atoms with E-state index in [4.69, 9.17) is 5.26 Å². The molecule has 2 rings (SSSR count). The molecule has 0 aliphatic carbocycles. The van der Waals surface area contributed by atoms with Crippen molar-refractivity contribution >= 4 is 11.4 Å². The third-order valence-corrected chi connectivity index (χ3v) is 3.48. The minimum Gasteiger partial charge on any atom is -0.369 e. The van der Waals surface area contributed by atoms with Gasteiger partial charge >= 0.3 is 0 Å². The molecule has 1 aromatic carbocycles. The van der Waals surface area contributed by atoms with Crippen molar-refractivity contribution in [1.29, 1.82) is 5.26 Å². The van der Waals surface area contributed by atoms with Crippen molar-refractivity contribution in [3.8, 4) is 6.07 Å². The van der Waals surface area contributed by atoms with E-state index in [1.807, 2.05) is 6.07 Å². The number of rotatable bonds is 3. The van der Waals surface area contributed by atoms with E-state index in [-0.39, 0.29) is 11.3 Å². The second-order valence-electron chi connectivity index (χ2n) is 4.47. The third kappa shape index (κ3) is 2.14. The average molecular weight is 245 g/mol. The Bertz CT molecular complexity index is 507. The van der Waals surface area contributed by atoms with Crippen molar-refractivity contribution in [2.45, 2.75) is 32.2 Å². The molecule has 1 heterocycles. The SMILES string of the molecule is CCC1CCCN1c1ccc([N+](=O)[O-])c(C#N)c1. The lowest BCUT2D eigenvalue weighted by atomic mass is 10.1. The first kappa shape index (κ1) is 12.4. The van der Waals surface area contributed by atoms with Crippen LogP contribution in [0.3, 0.4) is 0 Å². The predicted molar refractivity (Wildman–Crippen MR) is 68.5 cm³/mol. The number of benzene rings is 1. The normalized spacial score (nSPS) is 18.7. The number of hydrogen-bond donors (Lipinski definition) is 0. The van der Waals surface area contributed by atoms with Gasteiger partial charge in [-0.05, 0) is 31.4 Å². The Balaban J connectivity index is 2.36. The zero-order valence-electron chi connectivity index (χ0n) is 10.3. The number of nitriles is 1. The molecule has 1 fully saturated rings. The highest BCUT2D eigenvalue weighted by molar-refractivity contribution is 5.60. The zero-order valence-corrected chi connectivity index (χ0v) is 10.3. The van der Waals surface area contributed by atoms with Gasteiger partial charge in [-0.2, -0.15) is 5.26 Å². The fourth-order valence-electron chi connectivity index (χ4n) is 2.55. The summed E-state index contributed by atoms with van der Waals surface area (Å²) >= 11 is 0.